The summed E-state index contributed by atoms with van der Waals surface area (Å²) in [6.45, 7) is 6.84. The lowest BCUT2D eigenvalue weighted by molar-refractivity contribution is 0.177. The van der Waals surface area contributed by atoms with E-state index in [1.54, 1.807) is 0 Å². The van der Waals surface area contributed by atoms with Crippen molar-refractivity contribution in [2.24, 2.45) is 5.92 Å². The van der Waals surface area contributed by atoms with E-state index in [0.29, 0.717) is 12.0 Å². The monoisotopic (exact) mass is 253 g/mol. The molecule has 1 saturated heterocycles. The summed E-state index contributed by atoms with van der Waals surface area (Å²) in [6, 6.07) is 6.58. The largest absolute Gasteiger partial charge is 0.381 e. The van der Waals surface area contributed by atoms with Crippen molar-refractivity contribution in [3.8, 4) is 0 Å². The fourth-order valence-corrected chi connectivity index (χ4v) is 2.72. The number of hydrogen-bond acceptors (Lipinski definition) is 2. The van der Waals surface area contributed by atoms with Crippen molar-refractivity contribution in [2.75, 3.05) is 19.8 Å². The third-order valence-corrected chi connectivity index (χ3v) is 3.93. The average molecular weight is 254 g/mol. The molecular weight excluding hydrogens is 234 g/mol. The maximum atomic E-state index is 6.42. The molecule has 0 radical (unpaired) electrons. The summed E-state index contributed by atoms with van der Waals surface area (Å²) in [5.74, 6) is 0.536. The zero-order chi connectivity index (χ0) is 12.3. The standard InChI is InChI=1S/C14H20ClNO/c1-3-16-14(11-7-8-17-9-11)12-6-4-5-10(2)13(12)15/h4-6,11,14,16H,3,7-9H2,1-2H3. The highest BCUT2D eigenvalue weighted by molar-refractivity contribution is 6.32. The molecule has 0 aromatic heterocycles. The van der Waals surface area contributed by atoms with Crippen molar-refractivity contribution in [2.45, 2.75) is 26.3 Å². The number of halogens is 1. The van der Waals surface area contributed by atoms with Gasteiger partial charge in [0.1, 0.15) is 0 Å². The Hall–Kier alpha value is -0.570. The minimum atomic E-state index is 0.315. The lowest BCUT2D eigenvalue weighted by Crippen LogP contribution is -2.29. The first-order valence-electron chi connectivity index (χ1n) is 6.30. The normalized spacial score (nSPS) is 21.7. The van der Waals surface area contributed by atoms with Crippen LogP contribution < -0.4 is 5.32 Å². The zero-order valence-corrected chi connectivity index (χ0v) is 11.3. The van der Waals surface area contributed by atoms with E-state index in [4.69, 9.17) is 16.3 Å². The molecule has 3 heteroatoms. The number of benzene rings is 1. The molecule has 2 atom stereocenters. The maximum Gasteiger partial charge on any atom is 0.0513 e. The Morgan fingerprint density at radius 2 is 2.35 bits per heavy atom. The van der Waals surface area contributed by atoms with Crippen molar-refractivity contribution in [3.05, 3.63) is 34.3 Å². The van der Waals surface area contributed by atoms with Crippen molar-refractivity contribution in [1.29, 1.82) is 0 Å². The van der Waals surface area contributed by atoms with Crippen LogP contribution in [0.3, 0.4) is 0 Å². The van der Waals surface area contributed by atoms with Gasteiger partial charge in [0.25, 0.3) is 0 Å². The summed E-state index contributed by atoms with van der Waals surface area (Å²) in [4.78, 5) is 0. The molecule has 94 valence electrons. The fourth-order valence-electron chi connectivity index (χ4n) is 2.48. The van der Waals surface area contributed by atoms with Crippen molar-refractivity contribution in [1.82, 2.24) is 5.32 Å². The highest BCUT2D eigenvalue weighted by atomic mass is 35.5. The molecule has 1 aliphatic rings. The summed E-state index contributed by atoms with van der Waals surface area (Å²) < 4.78 is 5.49. The van der Waals surface area contributed by atoms with E-state index >= 15 is 0 Å². The predicted octanol–water partition coefficient (Wildman–Crippen LogP) is 3.34. The molecule has 2 unspecified atom stereocenters. The Balaban J connectivity index is 2.27. The molecule has 0 spiro atoms. The second-order valence-electron chi connectivity index (χ2n) is 4.64. The average Bonchev–Trinajstić information content (AvgIpc) is 2.84. The Labute approximate surface area is 108 Å². The summed E-state index contributed by atoms with van der Waals surface area (Å²) in [7, 11) is 0. The van der Waals surface area contributed by atoms with Crippen LogP contribution in [0, 0.1) is 12.8 Å². The van der Waals surface area contributed by atoms with Gasteiger partial charge in [-0.15, -0.1) is 0 Å². The van der Waals surface area contributed by atoms with E-state index in [9.17, 15) is 0 Å². The van der Waals surface area contributed by atoms with E-state index in [1.165, 1.54) is 5.56 Å². The van der Waals surface area contributed by atoms with Crippen molar-refractivity contribution in [3.63, 3.8) is 0 Å². The molecule has 1 fully saturated rings. The highest BCUT2D eigenvalue weighted by Gasteiger charge is 2.27. The van der Waals surface area contributed by atoms with Gasteiger partial charge in [-0.05, 0) is 31.0 Å². The molecular formula is C14H20ClNO. The first-order valence-corrected chi connectivity index (χ1v) is 6.68. The van der Waals surface area contributed by atoms with Gasteiger partial charge in [-0.25, -0.2) is 0 Å². The van der Waals surface area contributed by atoms with Gasteiger partial charge in [0.15, 0.2) is 0 Å². The molecule has 17 heavy (non-hydrogen) atoms. The van der Waals surface area contributed by atoms with Crippen LogP contribution in [-0.4, -0.2) is 19.8 Å². The van der Waals surface area contributed by atoms with Crippen molar-refractivity contribution < 1.29 is 4.74 Å². The Morgan fingerprint density at radius 1 is 1.53 bits per heavy atom. The summed E-state index contributed by atoms with van der Waals surface area (Å²) in [5.41, 5.74) is 2.36. The number of hydrogen-bond donors (Lipinski definition) is 1. The van der Waals surface area contributed by atoms with Gasteiger partial charge in [-0.1, -0.05) is 36.7 Å². The van der Waals surface area contributed by atoms with Gasteiger partial charge < -0.3 is 10.1 Å². The van der Waals surface area contributed by atoms with E-state index in [1.807, 2.05) is 0 Å². The highest BCUT2D eigenvalue weighted by Crippen LogP contribution is 2.34. The SMILES string of the molecule is CCNC(c1cccc(C)c1Cl)C1CCOC1. The molecule has 1 aromatic rings. The Kier molecular flexibility index (Phi) is 4.43. The number of ether oxygens (including phenoxy) is 1. The first kappa shape index (κ1) is 12.9. The third kappa shape index (κ3) is 2.82. The molecule has 1 heterocycles. The third-order valence-electron chi connectivity index (χ3n) is 3.42. The lowest BCUT2D eigenvalue weighted by Gasteiger charge is -2.25. The smallest absolute Gasteiger partial charge is 0.0513 e. The fraction of sp³-hybridized carbons (Fsp3) is 0.571. The second-order valence-corrected chi connectivity index (χ2v) is 5.02. The minimum Gasteiger partial charge on any atom is -0.381 e. The first-order chi connectivity index (χ1) is 8.24. The molecule has 0 saturated carbocycles. The Morgan fingerprint density at radius 3 is 3.00 bits per heavy atom. The summed E-state index contributed by atoms with van der Waals surface area (Å²) >= 11 is 6.42. The summed E-state index contributed by atoms with van der Waals surface area (Å²) in [6.07, 6.45) is 1.11. The number of nitrogens with one attached hydrogen (secondary N) is 1. The molecule has 2 nitrogen and oxygen atoms in total. The van der Waals surface area contributed by atoms with Crippen LogP contribution in [0.2, 0.25) is 5.02 Å². The zero-order valence-electron chi connectivity index (χ0n) is 10.5. The minimum absolute atomic E-state index is 0.315. The van der Waals surface area contributed by atoms with E-state index < -0.39 is 0 Å². The van der Waals surface area contributed by atoms with Crippen LogP contribution in [0.25, 0.3) is 0 Å². The van der Waals surface area contributed by atoms with Crippen LogP contribution in [-0.2, 0) is 4.74 Å². The summed E-state index contributed by atoms with van der Waals surface area (Å²) in [5, 5.41) is 4.44. The van der Waals surface area contributed by atoms with Gasteiger partial charge in [0, 0.05) is 23.6 Å². The molecule has 0 aliphatic carbocycles. The van der Waals surface area contributed by atoms with Crippen molar-refractivity contribution >= 4 is 11.6 Å². The van der Waals surface area contributed by atoms with Gasteiger partial charge in [-0.3, -0.25) is 0 Å². The molecule has 1 aliphatic heterocycles. The topological polar surface area (TPSA) is 21.3 Å². The van der Waals surface area contributed by atoms with Gasteiger partial charge in [0.05, 0.1) is 6.61 Å². The van der Waals surface area contributed by atoms with Gasteiger partial charge in [-0.2, -0.15) is 0 Å². The Bertz CT molecular complexity index is 374. The molecule has 0 amide bonds. The van der Waals surface area contributed by atoms with Crippen LogP contribution in [0.15, 0.2) is 18.2 Å². The van der Waals surface area contributed by atoms with Crippen LogP contribution in [0.4, 0.5) is 0 Å². The van der Waals surface area contributed by atoms with Gasteiger partial charge in [0.2, 0.25) is 0 Å². The van der Waals surface area contributed by atoms with E-state index in [2.05, 4.69) is 37.4 Å². The van der Waals surface area contributed by atoms with E-state index in [-0.39, 0.29) is 0 Å². The predicted molar refractivity (Wildman–Crippen MR) is 71.5 cm³/mol. The lowest BCUT2D eigenvalue weighted by atomic mass is 9.91. The van der Waals surface area contributed by atoms with Crippen LogP contribution >= 0.6 is 11.6 Å². The quantitative estimate of drug-likeness (QED) is 0.889. The molecule has 2 rings (SSSR count). The maximum absolute atomic E-state index is 6.42. The van der Waals surface area contributed by atoms with Gasteiger partial charge >= 0.3 is 0 Å². The van der Waals surface area contributed by atoms with Crippen LogP contribution in [0.5, 0.6) is 0 Å². The molecule has 1 aromatic carbocycles. The number of aryl methyl sites for hydroxylation is 1. The number of rotatable bonds is 4. The second kappa shape index (κ2) is 5.85. The van der Waals surface area contributed by atoms with E-state index in [0.717, 1.165) is 36.8 Å². The molecule has 1 N–H and O–H groups in total. The molecule has 0 bridgehead atoms. The van der Waals surface area contributed by atoms with Crippen LogP contribution in [0.1, 0.15) is 30.5 Å².